The average molecular weight is 254 g/mol. The van der Waals surface area contributed by atoms with Gasteiger partial charge in [0.15, 0.2) is 0 Å². The molecule has 0 aliphatic carbocycles. The maximum atomic E-state index is 13.3. The summed E-state index contributed by atoms with van der Waals surface area (Å²) >= 11 is 0. The van der Waals surface area contributed by atoms with E-state index in [0.717, 1.165) is 31.8 Å². The molecule has 0 spiro atoms. The Labute approximate surface area is 104 Å². The van der Waals surface area contributed by atoms with Crippen molar-refractivity contribution in [2.75, 3.05) is 26.2 Å². The molecule has 0 saturated carbocycles. The van der Waals surface area contributed by atoms with Crippen molar-refractivity contribution in [3.8, 4) is 5.75 Å². The minimum atomic E-state index is -0.862. The first-order valence-electron chi connectivity index (χ1n) is 5.96. The summed E-state index contributed by atoms with van der Waals surface area (Å²) in [6.45, 7) is 3.44. The maximum Gasteiger partial charge on any atom is 0.305 e. The van der Waals surface area contributed by atoms with Gasteiger partial charge in [0.1, 0.15) is 12.4 Å². The first kappa shape index (κ1) is 12.8. The van der Waals surface area contributed by atoms with Gasteiger partial charge in [-0.15, -0.1) is 0 Å². The van der Waals surface area contributed by atoms with Crippen LogP contribution in [-0.2, 0) is 0 Å². The number of benzene rings is 1. The van der Waals surface area contributed by atoms with Gasteiger partial charge >= 0.3 is 5.69 Å². The van der Waals surface area contributed by atoms with Crippen molar-refractivity contribution in [1.29, 1.82) is 0 Å². The van der Waals surface area contributed by atoms with E-state index in [1.807, 2.05) is 0 Å². The maximum absolute atomic E-state index is 13.3. The van der Waals surface area contributed by atoms with Crippen LogP contribution in [0, 0.1) is 15.9 Å². The fraction of sp³-hybridized carbons (Fsp3) is 0.500. The summed E-state index contributed by atoms with van der Waals surface area (Å²) in [5.74, 6) is -0.532. The Morgan fingerprint density at radius 2 is 2.11 bits per heavy atom. The highest BCUT2D eigenvalue weighted by atomic mass is 19.1. The van der Waals surface area contributed by atoms with Crippen LogP contribution in [0.15, 0.2) is 18.2 Å². The number of nitro benzene ring substituents is 1. The first-order valence-corrected chi connectivity index (χ1v) is 5.96. The van der Waals surface area contributed by atoms with Crippen LogP contribution >= 0.6 is 0 Å². The number of rotatable bonds is 5. The highest BCUT2D eigenvalue weighted by Crippen LogP contribution is 2.22. The van der Waals surface area contributed by atoms with E-state index < -0.39 is 16.4 Å². The highest BCUT2D eigenvalue weighted by Gasteiger charge is 2.15. The number of ether oxygens (including phenoxy) is 1. The molecule has 1 saturated heterocycles. The molecule has 2 rings (SSSR count). The van der Waals surface area contributed by atoms with Crippen molar-refractivity contribution < 1.29 is 14.1 Å². The molecule has 0 aromatic heterocycles. The molecule has 1 aliphatic heterocycles. The summed E-state index contributed by atoms with van der Waals surface area (Å²) in [6, 6.07) is 3.60. The van der Waals surface area contributed by atoms with E-state index in [1.165, 1.54) is 18.9 Å². The standard InChI is InChI=1S/C12H15FN2O3/c13-11-9-10(3-4-12(11)15(16)17)18-8-7-14-5-1-2-6-14/h3-4,9H,1-2,5-8H2. The second-order valence-electron chi connectivity index (χ2n) is 4.27. The Hall–Kier alpha value is -1.69. The third-order valence-corrected chi connectivity index (χ3v) is 2.99. The Morgan fingerprint density at radius 3 is 2.72 bits per heavy atom. The van der Waals surface area contributed by atoms with E-state index in [2.05, 4.69) is 4.90 Å². The zero-order chi connectivity index (χ0) is 13.0. The van der Waals surface area contributed by atoms with Gasteiger partial charge < -0.3 is 4.74 Å². The molecule has 98 valence electrons. The lowest BCUT2D eigenvalue weighted by atomic mass is 10.3. The normalized spacial score (nSPS) is 15.8. The van der Waals surface area contributed by atoms with Crippen LogP contribution in [0.2, 0.25) is 0 Å². The van der Waals surface area contributed by atoms with Gasteiger partial charge in [0, 0.05) is 18.7 Å². The molecule has 1 heterocycles. The zero-order valence-corrected chi connectivity index (χ0v) is 9.97. The van der Waals surface area contributed by atoms with Gasteiger partial charge in [0.25, 0.3) is 0 Å². The van der Waals surface area contributed by atoms with Crippen molar-refractivity contribution in [2.24, 2.45) is 0 Å². The van der Waals surface area contributed by atoms with Gasteiger partial charge in [0.2, 0.25) is 5.82 Å². The molecule has 1 aromatic rings. The summed E-state index contributed by atoms with van der Waals surface area (Å²) in [6.07, 6.45) is 2.43. The van der Waals surface area contributed by atoms with Crippen LogP contribution in [0.25, 0.3) is 0 Å². The molecule has 6 heteroatoms. The van der Waals surface area contributed by atoms with Gasteiger partial charge in [-0.1, -0.05) is 0 Å². The zero-order valence-electron chi connectivity index (χ0n) is 9.97. The van der Waals surface area contributed by atoms with E-state index in [1.54, 1.807) is 0 Å². The largest absolute Gasteiger partial charge is 0.492 e. The summed E-state index contributed by atoms with van der Waals surface area (Å²) in [5, 5.41) is 10.4. The van der Waals surface area contributed by atoms with Crippen LogP contribution in [0.3, 0.4) is 0 Å². The van der Waals surface area contributed by atoms with Gasteiger partial charge in [-0.05, 0) is 32.0 Å². The van der Waals surface area contributed by atoms with Gasteiger partial charge in [-0.25, -0.2) is 0 Å². The molecule has 1 aromatic carbocycles. The number of halogens is 1. The number of nitro groups is 1. The number of nitrogens with zero attached hydrogens (tertiary/aromatic N) is 2. The van der Waals surface area contributed by atoms with Gasteiger partial charge in [0.05, 0.1) is 4.92 Å². The minimum Gasteiger partial charge on any atom is -0.492 e. The van der Waals surface area contributed by atoms with E-state index >= 15 is 0 Å². The Bertz CT molecular complexity index is 433. The van der Waals surface area contributed by atoms with Gasteiger partial charge in [-0.3, -0.25) is 15.0 Å². The molecular formula is C12H15FN2O3. The lowest BCUT2D eigenvalue weighted by molar-refractivity contribution is -0.387. The molecule has 0 unspecified atom stereocenters. The quantitative estimate of drug-likeness (QED) is 0.597. The number of hydrogen-bond donors (Lipinski definition) is 0. The van der Waals surface area contributed by atoms with Crippen molar-refractivity contribution in [1.82, 2.24) is 4.90 Å². The number of likely N-dealkylation sites (tertiary alicyclic amines) is 1. The summed E-state index contributed by atoms with van der Waals surface area (Å²) in [5.41, 5.74) is -0.526. The SMILES string of the molecule is O=[N+]([O-])c1ccc(OCCN2CCCC2)cc1F. The van der Waals surface area contributed by atoms with Crippen LogP contribution in [-0.4, -0.2) is 36.1 Å². The lowest BCUT2D eigenvalue weighted by Gasteiger charge is -2.14. The molecule has 0 N–H and O–H groups in total. The first-order chi connectivity index (χ1) is 8.66. The third-order valence-electron chi connectivity index (χ3n) is 2.99. The number of hydrogen-bond acceptors (Lipinski definition) is 4. The minimum absolute atomic E-state index is 0.331. The summed E-state index contributed by atoms with van der Waals surface area (Å²) in [4.78, 5) is 12.0. The molecule has 1 aliphatic rings. The Balaban J connectivity index is 1.85. The molecule has 18 heavy (non-hydrogen) atoms. The summed E-state index contributed by atoms with van der Waals surface area (Å²) in [7, 11) is 0. The molecular weight excluding hydrogens is 239 g/mol. The fourth-order valence-electron chi connectivity index (χ4n) is 2.02. The van der Waals surface area contributed by atoms with E-state index in [4.69, 9.17) is 4.74 Å². The van der Waals surface area contributed by atoms with Gasteiger partial charge in [-0.2, -0.15) is 4.39 Å². The smallest absolute Gasteiger partial charge is 0.305 e. The molecule has 0 atom stereocenters. The monoisotopic (exact) mass is 254 g/mol. The molecule has 0 radical (unpaired) electrons. The lowest BCUT2D eigenvalue weighted by Crippen LogP contribution is -2.25. The predicted molar refractivity (Wildman–Crippen MR) is 64.2 cm³/mol. The van der Waals surface area contributed by atoms with Crippen molar-refractivity contribution in [2.45, 2.75) is 12.8 Å². The van der Waals surface area contributed by atoms with Crippen molar-refractivity contribution >= 4 is 5.69 Å². The fourth-order valence-corrected chi connectivity index (χ4v) is 2.02. The van der Waals surface area contributed by atoms with Crippen LogP contribution in [0.5, 0.6) is 5.75 Å². The second kappa shape index (κ2) is 5.77. The highest BCUT2D eigenvalue weighted by molar-refractivity contribution is 5.37. The Kier molecular flexibility index (Phi) is 4.09. The molecule has 5 nitrogen and oxygen atoms in total. The van der Waals surface area contributed by atoms with Crippen LogP contribution in [0.4, 0.5) is 10.1 Å². The van der Waals surface area contributed by atoms with E-state index in [-0.39, 0.29) is 0 Å². The average Bonchev–Trinajstić information content (AvgIpc) is 2.81. The van der Waals surface area contributed by atoms with Crippen LogP contribution < -0.4 is 4.74 Å². The summed E-state index contributed by atoms with van der Waals surface area (Å²) < 4.78 is 18.7. The second-order valence-corrected chi connectivity index (χ2v) is 4.27. The predicted octanol–water partition coefficient (Wildman–Crippen LogP) is 2.21. The molecule has 0 amide bonds. The van der Waals surface area contributed by atoms with Crippen molar-refractivity contribution in [3.05, 3.63) is 34.1 Å². The van der Waals surface area contributed by atoms with Crippen molar-refractivity contribution in [3.63, 3.8) is 0 Å². The van der Waals surface area contributed by atoms with E-state index in [9.17, 15) is 14.5 Å². The van der Waals surface area contributed by atoms with Crippen LogP contribution in [0.1, 0.15) is 12.8 Å². The molecule has 0 bridgehead atoms. The Morgan fingerprint density at radius 1 is 1.39 bits per heavy atom. The molecule has 1 fully saturated rings. The topological polar surface area (TPSA) is 55.6 Å². The third kappa shape index (κ3) is 3.16. The van der Waals surface area contributed by atoms with E-state index in [0.29, 0.717) is 12.4 Å².